The number of hydrogen-bond donors (Lipinski definition) is 3. The van der Waals surface area contributed by atoms with Crippen molar-refractivity contribution in [1.29, 1.82) is 0 Å². The predicted octanol–water partition coefficient (Wildman–Crippen LogP) is 1.96. The zero-order valence-corrected chi connectivity index (χ0v) is 10.4. The number of aliphatic imine (C=N–C) groups is 1. The van der Waals surface area contributed by atoms with E-state index in [0.29, 0.717) is 11.0 Å². The molecule has 0 aliphatic heterocycles. The molecule has 2 aromatic rings. The molecule has 0 aliphatic rings. The van der Waals surface area contributed by atoms with Gasteiger partial charge in [-0.25, -0.2) is 4.98 Å². The summed E-state index contributed by atoms with van der Waals surface area (Å²) in [7, 11) is 0. The van der Waals surface area contributed by atoms with E-state index in [2.05, 4.69) is 15.0 Å². The Morgan fingerprint density at radius 3 is 2.62 bits per heavy atom. The minimum absolute atomic E-state index is 0. The summed E-state index contributed by atoms with van der Waals surface area (Å²) in [5.41, 5.74) is 12.0. The molecule has 1 heterocycles. The van der Waals surface area contributed by atoms with E-state index in [1.54, 1.807) is 18.2 Å². The fourth-order valence-electron chi connectivity index (χ4n) is 1.14. The van der Waals surface area contributed by atoms with Gasteiger partial charge in [-0.3, -0.25) is 0 Å². The zero-order chi connectivity index (χ0) is 10.1. The van der Waals surface area contributed by atoms with Gasteiger partial charge in [0.2, 0.25) is 5.95 Å². The summed E-state index contributed by atoms with van der Waals surface area (Å²) in [6.45, 7) is 0. The number of hydrogen-bond acceptors (Lipinski definition) is 2. The monoisotopic (exact) mass is 281 g/mol. The number of halogens is 3. The van der Waals surface area contributed by atoms with Crippen LogP contribution in [0.2, 0.25) is 5.02 Å². The highest BCUT2D eigenvalue weighted by molar-refractivity contribution is 6.31. The Labute approximate surface area is 109 Å². The SMILES string of the molecule is Cl.Cl.NC(N)=Nc1nc2ccc(Cl)cc2[nH]1. The van der Waals surface area contributed by atoms with Crippen LogP contribution in [0.4, 0.5) is 5.95 Å². The van der Waals surface area contributed by atoms with Crippen LogP contribution < -0.4 is 11.5 Å². The van der Waals surface area contributed by atoms with E-state index in [1.807, 2.05) is 0 Å². The molecule has 0 saturated carbocycles. The fraction of sp³-hybridized carbons (Fsp3) is 0. The highest BCUT2D eigenvalue weighted by atomic mass is 35.5. The fourth-order valence-corrected chi connectivity index (χ4v) is 1.32. The van der Waals surface area contributed by atoms with E-state index in [1.165, 1.54) is 0 Å². The van der Waals surface area contributed by atoms with Gasteiger partial charge in [-0.1, -0.05) is 11.6 Å². The Kier molecular flexibility index (Phi) is 5.37. The van der Waals surface area contributed by atoms with Crippen molar-refractivity contribution in [3.8, 4) is 0 Å². The van der Waals surface area contributed by atoms with E-state index in [-0.39, 0.29) is 30.8 Å². The summed E-state index contributed by atoms with van der Waals surface area (Å²) >= 11 is 5.80. The van der Waals surface area contributed by atoms with Gasteiger partial charge in [0.15, 0.2) is 5.96 Å². The van der Waals surface area contributed by atoms with E-state index in [4.69, 9.17) is 23.1 Å². The molecule has 16 heavy (non-hydrogen) atoms. The molecule has 0 fully saturated rings. The normalized spacial score (nSPS) is 9.06. The molecule has 0 radical (unpaired) electrons. The summed E-state index contributed by atoms with van der Waals surface area (Å²) < 4.78 is 0. The average Bonchev–Trinajstić information content (AvgIpc) is 2.44. The lowest BCUT2D eigenvalue weighted by Crippen LogP contribution is -2.22. The number of guanidine groups is 1. The van der Waals surface area contributed by atoms with Crippen molar-refractivity contribution in [2.45, 2.75) is 0 Å². The minimum Gasteiger partial charge on any atom is -0.370 e. The Bertz CT molecular complexity index is 503. The number of benzene rings is 1. The van der Waals surface area contributed by atoms with Gasteiger partial charge in [0.05, 0.1) is 11.0 Å². The van der Waals surface area contributed by atoms with E-state index in [0.717, 1.165) is 11.0 Å². The molecule has 0 aliphatic carbocycles. The molecule has 0 saturated heterocycles. The highest BCUT2D eigenvalue weighted by Gasteiger charge is 2.01. The molecule has 0 bridgehead atoms. The summed E-state index contributed by atoms with van der Waals surface area (Å²) in [6.07, 6.45) is 0. The van der Waals surface area contributed by atoms with Crippen LogP contribution in [0.1, 0.15) is 0 Å². The molecule has 0 atom stereocenters. The van der Waals surface area contributed by atoms with Crippen LogP contribution in [-0.4, -0.2) is 15.9 Å². The molecule has 0 amide bonds. The van der Waals surface area contributed by atoms with Crippen LogP contribution in [0, 0.1) is 0 Å². The molecule has 88 valence electrons. The Morgan fingerprint density at radius 2 is 2.00 bits per heavy atom. The Morgan fingerprint density at radius 1 is 1.31 bits per heavy atom. The molecular weight excluding hydrogens is 272 g/mol. The van der Waals surface area contributed by atoms with Gasteiger partial charge in [-0.2, -0.15) is 4.99 Å². The minimum atomic E-state index is -0.0323. The third-order valence-electron chi connectivity index (χ3n) is 1.67. The van der Waals surface area contributed by atoms with Crippen molar-refractivity contribution in [2.24, 2.45) is 16.5 Å². The maximum absolute atomic E-state index is 5.80. The van der Waals surface area contributed by atoms with Crippen molar-refractivity contribution in [1.82, 2.24) is 9.97 Å². The lowest BCUT2D eigenvalue weighted by Gasteiger charge is -1.87. The van der Waals surface area contributed by atoms with Gasteiger partial charge < -0.3 is 16.5 Å². The number of nitrogens with two attached hydrogens (primary N) is 2. The summed E-state index contributed by atoms with van der Waals surface area (Å²) in [5, 5.41) is 0.636. The zero-order valence-electron chi connectivity index (χ0n) is 7.98. The number of nitrogens with one attached hydrogen (secondary N) is 1. The second-order valence-electron chi connectivity index (χ2n) is 2.76. The van der Waals surface area contributed by atoms with Gasteiger partial charge in [0.25, 0.3) is 0 Å². The van der Waals surface area contributed by atoms with Crippen LogP contribution in [0.5, 0.6) is 0 Å². The topological polar surface area (TPSA) is 93.1 Å². The van der Waals surface area contributed by atoms with Crippen LogP contribution in [-0.2, 0) is 0 Å². The van der Waals surface area contributed by atoms with E-state index in [9.17, 15) is 0 Å². The molecule has 5 N–H and O–H groups in total. The first-order valence-electron chi connectivity index (χ1n) is 3.90. The summed E-state index contributed by atoms with van der Waals surface area (Å²) in [5.74, 6) is 0.345. The molecule has 0 unspecified atom stereocenters. The lowest BCUT2D eigenvalue weighted by atomic mass is 10.3. The first-order valence-corrected chi connectivity index (χ1v) is 4.28. The third-order valence-corrected chi connectivity index (χ3v) is 1.90. The molecular formula is C8H10Cl3N5. The van der Waals surface area contributed by atoms with Crippen molar-refractivity contribution < 1.29 is 0 Å². The second kappa shape index (κ2) is 5.79. The number of imidazole rings is 1. The van der Waals surface area contributed by atoms with Crippen LogP contribution in [0.15, 0.2) is 23.2 Å². The molecule has 8 heteroatoms. The number of rotatable bonds is 1. The maximum Gasteiger partial charge on any atom is 0.231 e. The van der Waals surface area contributed by atoms with Crippen LogP contribution in [0.3, 0.4) is 0 Å². The van der Waals surface area contributed by atoms with Crippen LogP contribution >= 0.6 is 36.4 Å². The van der Waals surface area contributed by atoms with Crippen molar-refractivity contribution >= 4 is 59.4 Å². The number of H-pyrrole nitrogens is 1. The van der Waals surface area contributed by atoms with Crippen LogP contribution in [0.25, 0.3) is 11.0 Å². The first-order chi connectivity index (χ1) is 6.65. The standard InChI is InChI=1S/C8H8ClN5.2ClH/c9-4-1-2-5-6(3-4)13-8(12-5)14-7(10)11;;/h1-3H,(H5,10,11,12,13,14);2*1H. The van der Waals surface area contributed by atoms with Crippen molar-refractivity contribution in [3.05, 3.63) is 23.2 Å². The average molecular weight is 283 g/mol. The molecule has 5 nitrogen and oxygen atoms in total. The smallest absolute Gasteiger partial charge is 0.231 e. The van der Waals surface area contributed by atoms with Gasteiger partial charge in [0, 0.05) is 5.02 Å². The molecule has 1 aromatic heterocycles. The van der Waals surface area contributed by atoms with Crippen molar-refractivity contribution in [2.75, 3.05) is 0 Å². The predicted molar refractivity (Wildman–Crippen MR) is 71.1 cm³/mol. The number of nitrogens with zero attached hydrogens (tertiary/aromatic N) is 2. The molecule has 1 aromatic carbocycles. The van der Waals surface area contributed by atoms with Gasteiger partial charge in [-0.15, -0.1) is 24.8 Å². The van der Waals surface area contributed by atoms with E-state index >= 15 is 0 Å². The summed E-state index contributed by atoms with van der Waals surface area (Å²) in [6, 6.07) is 5.31. The number of fused-ring (bicyclic) bond motifs is 1. The summed E-state index contributed by atoms with van der Waals surface area (Å²) in [4.78, 5) is 10.8. The largest absolute Gasteiger partial charge is 0.370 e. The number of aromatic nitrogens is 2. The van der Waals surface area contributed by atoms with Gasteiger partial charge in [0.1, 0.15) is 0 Å². The lowest BCUT2D eigenvalue weighted by molar-refractivity contribution is 1.24. The molecule has 2 rings (SSSR count). The second-order valence-corrected chi connectivity index (χ2v) is 3.19. The number of aromatic amines is 1. The first kappa shape index (κ1) is 14.8. The maximum atomic E-state index is 5.80. The highest BCUT2D eigenvalue weighted by Crippen LogP contribution is 2.19. The third kappa shape index (κ3) is 3.16. The quantitative estimate of drug-likeness (QED) is 0.551. The van der Waals surface area contributed by atoms with E-state index < -0.39 is 0 Å². The Balaban J connectivity index is 0.00000112. The van der Waals surface area contributed by atoms with Gasteiger partial charge in [-0.05, 0) is 18.2 Å². The van der Waals surface area contributed by atoms with Crippen molar-refractivity contribution in [3.63, 3.8) is 0 Å². The van der Waals surface area contributed by atoms with Gasteiger partial charge >= 0.3 is 0 Å². The Hall–Kier alpha value is -1.17. The molecule has 0 spiro atoms.